The molecule has 3 rings (SSSR count). The molecule has 0 N–H and O–H groups in total. The number of aromatic nitrogens is 2. The molecule has 0 radical (unpaired) electrons. The van der Waals surface area contributed by atoms with Crippen molar-refractivity contribution < 1.29 is 17.0 Å². The molecule has 0 saturated carbocycles. The molecule has 0 aliphatic carbocycles. The maximum Gasteiger partial charge on any atom is 0.255 e. The molecular formula is C19H20ClN3. The standard InChI is InChI=1S/C19H20N3.ClH/c1-4-16-8-7-9-19-14-21(15-22(16)19)18-12-10-17(11-13-18)20(5-2)6-3;/h1,7-15H,5-6H2,2-3H3;1H/q+1;/p-1. The zero-order chi connectivity index (χ0) is 15.5. The molecule has 0 atom stereocenters. The molecule has 0 aliphatic heterocycles. The fourth-order valence-corrected chi connectivity index (χ4v) is 2.76. The summed E-state index contributed by atoms with van der Waals surface area (Å²) in [5.41, 5.74) is 4.32. The molecule has 118 valence electrons. The zero-order valence-corrected chi connectivity index (χ0v) is 14.2. The van der Waals surface area contributed by atoms with Crippen LogP contribution in [0.2, 0.25) is 0 Å². The number of fused-ring (bicyclic) bond motifs is 1. The van der Waals surface area contributed by atoms with E-state index in [1.54, 1.807) is 0 Å². The minimum absolute atomic E-state index is 0. The molecule has 3 aromatic rings. The van der Waals surface area contributed by atoms with Gasteiger partial charge in [-0.15, -0.1) is 6.42 Å². The minimum Gasteiger partial charge on any atom is -1.00 e. The van der Waals surface area contributed by atoms with Crippen molar-refractivity contribution in [3.05, 3.63) is 60.7 Å². The van der Waals surface area contributed by atoms with Crippen LogP contribution in [0.3, 0.4) is 0 Å². The van der Waals surface area contributed by atoms with E-state index >= 15 is 0 Å². The van der Waals surface area contributed by atoms with Crippen molar-refractivity contribution in [2.24, 2.45) is 0 Å². The van der Waals surface area contributed by atoms with Crippen molar-refractivity contribution >= 4 is 11.2 Å². The summed E-state index contributed by atoms with van der Waals surface area (Å²) in [5.74, 6) is 2.72. The number of terminal acetylenes is 1. The average Bonchev–Trinajstić information content (AvgIpc) is 3.00. The number of anilines is 1. The first-order valence-electron chi connectivity index (χ1n) is 7.61. The Kier molecular flexibility index (Phi) is 5.31. The molecule has 0 aliphatic rings. The molecule has 0 unspecified atom stereocenters. The summed E-state index contributed by atoms with van der Waals surface area (Å²) in [6.07, 6.45) is 9.68. The van der Waals surface area contributed by atoms with Crippen molar-refractivity contribution in [3.8, 4) is 18.0 Å². The summed E-state index contributed by atoms with van der Waals surface area (Å²) in [5, 5.41) is 0. The Labute approximate surface area is 143 Å². The van der Waals surface area contributed by atoms with E-state index in [1.165, 1.54) is 5.69 Å². The van der Waals surface area contributed by atoms with Crippen molar-refractivity contribution in [3.63, 3.8) is 0 Å². The second kappa shape index (κ2) is 7.21. The third-order valence-corrected chi connectivity index (χ3v) is 3.99. The fourth-order valence-electron chi connectivity index (χ4n) is 2.76. The van der Waals surface area contributed by atoms with Gasteiger partial charge in [0.15, 0.2) is 11.2 Å². The van der Waals surface area contributed by atoms with E-state index < -0.39 is 0 Å². The van der Waals surface area contributed by atoms with E-state index in [0.717, 1.165) is 30.0 Å². The van der Waals surface area contributed by atoms with E-state index in [9.17, 15) is 0 Å². The molecule has 0 spiro atoms. The number of pyridine rings is 1. The summed E-state index contributed by atoms with van der Waals surface area (Å²) in [7, 11) is 0. The number of nitrogens with zero attached hydrogens (tertiary/aromatic N) is 3. The highest BCUT2D eigenvalue weighted by molar-refractivity contribution is 5.50. The monoisotopic (exact) mass is 325 g/mol. The molecule has 4 heteroatoms. The van der Waals surface area contributed by atoms with Crippen molar-refractivity contribution in [1.29, 1.82) is 0 Å². The van der Waals surface area contributed by atoms with Crippen LogP contribution in [0.1, 0.15) is 19.5 Å². The Morgan fingerprint density at radius 3 is 2.39 bits per heavy atom. The van der Waals surface area contributed by atoms with Crippen LogP contribution in [-0.4, -0.2) is 17.5 Å². The quantitative estimate of drug-likeness (QED) is 0.487. The molecule has 2 aromatic heterocycles. The van der Waals surface area contributed by atoms with Gasteiger partial charge >= 0.3 is 0 Å². The number of rotatable bonds is 4. The highest BCUT2D eigenvalue weighted by Gasteiger charge is 2.11. The first-order valence-corrected chi connectivity index (χ1v) is 7.61. The first kappa shape index (κ1) is 16.9. The second-order valence-electron chi connectivity index (χ2n) is 5.19. The minimum atomic E-state index is 0. The van der Waals surface area contributed by atoms with Gasteiger partial charge in [-0.1, -0.05) is 6.07 Å². The van der Waals surface area contributed by atoms with Crippen LogP contribution in [0.4, 0.5) is 5.69 Å². The molecule has 0 amide bonds. The van der Waals surface area contributed by atoms with E-state index in [-0.39, 0.29) is 12.4 Å². The third kappa shape index (κ3) is 3.18. The molecule has 3 nitrogen and oxygen atoms in total. The molecule has 0 saturated heterocycles. The normalized spacial score (nSPS) is 10.1. The van der Waals surface area contributed by atoms with Gasteiger partial charge in [0.2, 0.25) is 0 Å². The van der Waals surface area contributed by atoms with Gasteiger partial charge in [-0.2, -0.15) is 4.40 Å². The lowest BCUT2D eigenvalue weighted by molar-refractivity contribution is -0.594. The Balaban J connectivity index is 0.00000192. The number of hydrogen-bond acceptors (Lipinski definition) is 1. The van der Waals surface area contributed by atoms with Gasteiger partial charge in [-0.25, -0.2) is 4.57 Å². The highest BCUT2D eigenvalue weighted by Crippen LogP contribution is 2.15. The van der Waals surface area contributed by atoms with Gasteiger partial charge < -0.3 is 17.3 Å². The second-order valence-corrected chi connectivity index (χ2v) is 5.19. The molecule has 2 heterocycles. The smallest absolute Gasteiger partial charge is 0.255 e. The topological polar surface area (TPSA) is 11.5 Å². The lowest BCUT2D eigenvalue weighted by Crippen LogP contribution is -3.00. The molecule has 23 heavy (non-hydrogen) atoms. The fraction of sp³-hybridized carbons (Fsp3) is 0.211. The number of benzene rings is 1. The van der Waals surface area contributed by atoms with Crippen molar-refractivity contribution in [1.82, 2.24) is 4.40 Å². The number of hydrogen-bond donors (Lipinski definition) is 0. The first-order chi connectivity index (χ1) is 10.8. The summed E-state index contributed by atoms with van der Waals surface area (Å²) >= 11 is 0. The predicted molar refractivity (Wildman–Crippen MR) is 90.4 cm³/mol. The Morgan fingerprint density at radius 2 is 1.78 bits per heavy atom. The van der Waals surface area contributed by atoms with Crippen LogP contribution in [0.5, 0.6) is 0 Å². The number of imidazole rings is 1. The molecular weight excluding hydrogens is 306 g/mol. The van der Waals surface area contributed by atoms with Crippen LogP contribution >= 0.6 is 0 Å². The Hall–Kier alpha value is -2.44. The SMILES string of the molecule is C#Cc1cccc2c[n+](-c3ccc(N(CC)CC)cc3)cn12.[Cl-]. The lowest BCUT2D eigenvalue weighted by Gasteiger charge is -2.20. The van der Waals surface area contributed by atoms with Crippen LogP contribution < -0.4 is 21.9 Å². The summed E-state index contributed by atoms with van der Waals surface area (Å²) in [4.78, 5) is 2.33. The van der Waals surface area contributed by atoms with E-state index in [1.807, 2.05) is 22.9 Å². The molecule has 0 bridgehead atoms. The van der Waals surface area contributed by atoms with Crippen LogP contribution in [0, 0.1) is 12.3 Å². The van der Waals surface area contributed by atoms with E-state index in [2.05, 4.69) is 65.8 Å². The Morgan fingerprint density at radius 1 is 1.09 bits per heavy atom. The predicted octanol–water partition coefficient (Wildman–Crippen LogP) is 0.0475. The van der Waals surface area contributed by atoms with E-state index in [4.69, 9.17) is 6.42 Å². The van der Waals surface area contributed by atoms with Crippen molar-refractivity contribution in [2.45, 2.75) is 13.8 Å². The van der Waals surface area contributed by atoms with Gasteiger partial charge in [-0.3, -0.25) is 0 Å². The van der Waals surface area contributed by atoms with Gasteiger partial charge in [-0.05, 0) is 56.2 Å². The van der Waals surface area contributed by atoms with Crippen LogP contribution in [-0.2, 0) is 0 Å². The van der Waals surface area contributed by atoms with Gasteiger partial charge in [0.25, 0.3) is 6.33 Å². The summed E-state index contributed by atoms with van der Waals surface area (Å²) in [6, 6.07) is 14.6. The van der Waals surface area contributed by atoms with Crippen LogP contribution in [0.25, 0.3) is 11.2 Å². The third-order valence-electron chi connectivity index (χ3n) is 3.99. The average molecular weight is 326 g/mol. The lowest BCUT2D eigenvalue weighted by atomic mass is 10.2. The Bertz CT molecular complexity index is 824. The van der Waals surface area contributed by atoms with Crippen LogP contribution in [0.15, 0.2) is 55.0 Å². The number of halogens is 1. The van der Waals surface area contributed by atoms with Gasteiger partial charge in [0, 0.05) is 18.8 Å². The summed E-state index contributed by atoms with van der Waals surface area (Å²) in [6.45, 7) is 6.39. The summed E-state index contributed by atoms with van der Waals surface area (Å²) < 4.78 is 4.13. The zero-order valence-electron chi connectivity index (χ0n) is 13.4. The maximum absolute atomic E-state index is 5.56. The van der Waals surface area contributed by atoms with E-state index in [0.29, 0.717) is 0 Å². The van der Waals surface area contributed by atoms with Crippen molar-refractivity contribution in [2.75, 3.05) is 18.0 Å². The van der Waals surface area contributed by atoms with Gasteiger partial charge in [0.1, 0.15) is 11.9 Å². The largest absolute Gasteiger partial charge is 1.00 e. The maximum atomic E-state index is 5.56. The van der Waals surface area contributed by atoms with Gasteiger partial charge in [0.05, 0.1) is 0 Å². The highest BCUT2D eigenvalue weighted by atomic mass is 35.5. The molecule has 0 fully saturated rings. The molecule has 1 aromatic carbocycles.